The van der Waals surface area contributed by atoms with E-state index >= 15 is 0 Å². The number of anilines is 1. The van der Waals surface area contributed by atoms with Crippen LogP contribution in [-0.4, -0.2) is 29.1 Å². The SMILES string of the molecule is CCN(CC)C(=S)Oc1ccc(C(=O)Nc2ccc(F)cc2)cc1. The van der Waals surface area contributed by atoms with Gasteiger partial charge in [-0.3, -0.25) is 4.79 Å². The van der Waals surface area contributed by atoms with Gasteiger partial charge in [0.2, 0.25) is 0 Å². The Hall–Kier alpha value is -2.47. The van der Waals surface area contributed by atoms with Crippen molar-refractivity contribution in [2.75, 3.05) is 18.4 Å². The molecule has 2 aromatic rings. The van der Waals surface area contributed by atoms with E-state index in [2.05, 4.69) is 5.32 Å². The molecule has 2 rings (SSSR count). The lowest BCUT2D eigenvalue weighted by Gasteiger charge is -2.21. The van der Waals surface area contributed by atoms with E-state index in [9.17, 15) is 9.18 Å². The fraction of sp³-hybridized carbons (Fsp3) is 0.222. The van der Waals surface area contributed by atoms with Gasteiger partial charge in [-0.1, -0.05) is 0 Å². The summed E-state index contributed by atoms with van der Waals surface area (Å²) in [7, 11) is 0. The molecular formula is C18H19FN2O2S. The Bertz CT molecular complexity index is 698. The Kier molecular flexibility index (Phi) is 6.26. The first-order chi connectivity index (χ1) is 11.5. The quantitative estimate of drug-likeness (QED) is 0.828. The van der Waals surface area contributed by atoms with Crippen LogP contribution in [0.1, 0.15) is 24.2 Å². The zero-order chi connectivity index (χ0) is 17.5. The lowest BCUT2D eigenvalue weighted by molar-refractivity contribution is 0.102. The molecule has 0 radical (unpaired) electrons. The van der Waals surface area contributed by atoms with E-state index in [0.717, 1.165) is 13.1 Å². The van der Waals surface area contributed by atoms with Crippen molar-refractivity contribution in [3.63, 3.8) is 0 Å². The highest BCUT2D eigenvalue weighted by Crippen LogP contribution is 2.15. The van der Waals surface area contributed by atoms with E-state index in [1.165, 1.54) is 24.3 Å². The summed E-state index contributed by atoms with van der Waals surface area (Å²) in [6.07, 6.45) is 0. The molecule has 0 aliphatic carbocycles. The number of ether oxygens (including phenoxy) is 1. The third-order valence-corrected chi connectivity index (χ3v) is 3.79. The first-order valence-corrected chi connectivity index (χ1v) is 8.08. The number of halogens is 1. The lowest BCUT2D eigenvalue weighted by Crippen LogP contribution is -2.32. The van der Waals surface area contributed by atoms with Crippen LogP contribution in [0.25, 0.3) is 0 Å². The molecule has 0 heterocycles. The van der Waals surface area contributed by atoms with Crippen molar-refractivity contribution in [2.24, 2.45) is 0 Å². The third-order valence-electron chi connectivity index (χ3n) is 3.45. The minimum absolute atomic E-state index is 0.278. The molecule has 126 valence electrons. The summed E-state index contributed by atoms with van der Waals surface area (Å²) in [6, 6.07) is 12.3. The van der Waals surface area contributed by atoms with Gasteiger partial charge in [-0.05, 0) is 74.6 Å². The van der Waals surface area contributed by atoms with Crippen molar-refractivity contribution in [1.29, 1.82) is 0 Å². The number of nitrogens with one attached hydrogen (secondary N) is 1. The molecule has 0 saturated carbocycles. The molecule has 2 aromatic carbocycles. The van der Waals surface area contributed by atoms with Gasteiger partial charge in [0.1, 0.15) is 11.6 Å². The Morgan fingerprint density at radius 2 is 1.67 bits per heavy atom. The number of hydrogen-bond acceptors (Lipinski definition) is 3. The van der Waals surface area contributed by atoms with E-state index in [0.29, 0.717) is 22.2 Å². The zero-order valence-corrected chi connectivity index (χ0v) is 14.4. The third kappa shape index (κ3) is 4.76. The second-order valence-electron chi connectivity index (χ2n) is 5.03. The lowest BCUT2D eigenvalue weighted by atomic mass is 10.2. The van der Waals surface area contributed by atoms with Crippen molar-refractivity contribution < 1.29 is 13.9 Å². The molecule has 0 bridgehead atoms. The molecule has 0 fully saturated rings. The maximum absolute atomic E-state index is 12.9. The fourth-order valence-corrected chi connectivity index (χ4v) is 2.41. The van der Waals surface area contributed by atoms with E-state index in [1.807, 2.05) is 18.7 Å². The molecule has 0 atom stereocenters. The van der Waals surface area contributed by atoms with Crippen molar-refractivity contribution >= 4 is 29.0 Å². The monoisotopic (exact) mass is 346 g/mol. The van der Waals surface area contributed by atoms with Crippen LogP contribution in [0, 0.1) is 5.82 Å². The van der Waals surface area contributed by atoms with Gasteiger partial charge in [0.25, 0.3) is 11.1 Å². The molecule has 0 aliphatic rings. The van der Waals surface area contributed by atoms with Gasteiger partial charge in [-0.2, -0.15) is 0 Å². The first kappa shape index (κ1) is 17.9. The number of thiocarbonyl (C=S) groups is 1. The summed E-state index contributed by atoms with van der Waals surface area (Å²) >= 11 is 5.23. The van der Waals surface area contributed by atoms with Crippen molar-refractivity contribution in [3.05, 3.63) is 59.9 Å². The van der Waals surface area contributed by atoms with Gasteiger partial charge in [-0.15, -0.1) is 0 Å². The standard InChI is InChI=1S/C18H19FN2O2S/c1-3-21(4-2)18(24)23-16-11-5-13(6-12-16)17(22)20-15-9-7-14(19)8-10-15/h5-12H,3-4H2,1-2H3,(H,20,22). The van der Waals surface area contributed by atoms with Gasteiger partial charge in [0.05, 0.1) is 0 Å². The topological polar surface area (TPSA) is 41.6 Å². The highest BCUT2D eigenvalue weighted by Gasteiger charge is 2.10. The highest BCUT2D eigenvalue weighted by atomic mass is 32.1. The van der Waals surface area contributed by atoms with Gasteiger partial charge in [0, 0.05) is 24.3 Å². The van der Waals surface area contributed by atoms with Crippen LogP contribution in [0.4, 0.5) is 10.1 Å². The summed E-state index contributed by atoms with van der Waals surface area (Å²) in [6.45, 7) is 5.55. The Morgan fingerprint density at radius 3 is 2.21 bits per heavy atom. The molecule has 0 spiro atoms. The van der Waals surface area contributed by atoms with Crippen molar-refractivity contribution in [3.8, 4) is 5.75 Å². The zero-order valence-electron chi connectivity index (χ0n) is 13.6. The largest absolute Gasteiger partial charge is 0.432 e. The van der Waals surface area contributed by atoms with Crippen LogP contribution < -0.4 is 10.1 Å². The summed E-state index contributed by atoms with van der Waals surface area (Å²) in [5.74, 6) is -0.0524. The molecular weight excluding hydrogens is 327 g/mol. The predicted octanol–water partition coefficient (Wildman–Crippen LogP) is 4.08. The number of nitrogens with zero attached hydrogens (tertiary/aromatic N) is 1. The average Bonchev–Trinajstić information content (AvgIpc) is 2.58. The highest BCUT2D eigenvalue weighted by molar-refractivity contribution is 7.80. The predicted molar refractivity (Wildman–Crippen MR) is 96.9 cm³/mol. The summed E-state index contributed by atoms with van der Waals surface area (Å²) in [5.41, 5.74) is 1.00. The molecule has 24 heavy (non-hydrogen) atoms. The Morgan fingerprint density at radius 1 is 1.08 bits per heavy atom. The summed E-state index contributed by atoms with van der Waals surface area (Å²) < 4.78 is 18.5. The van der Waals surface area contributed by atoms with Crippen molar-refractivity contribution in [1.82, 2.24) is 4.90 Å². The van der Waals surface area contributed by atoms with Crippen LogP contribution in [0.2, 0.25) is 0 Å². The Labute approximate surface area is 146 Å². The second-order valence-corrected chi connectivity index (χ2v) is 5.37. The smallest absolute Gasteiger partial charge is 0.264 e. The van der Waals surface area contributed by atoms with E-state index in [-0.39, 0.29) is 11.7 Å². The number of hydrogen-bond donors (Lipinski definition) is 1. The van der Waals surface area contributed by atoms with E-state index in [4.69, 9.17) is 17.0 Å². The van der Waals surface area contributed by atoms with E-state index in [1.54, 1.807) is 24.3 Å². The number of amides is 1. The van der Waals surface area contributed by atoms with E-state index < -0.39 is 0 Å². The molecule has 0 saturated heterocycles. The average molecular weight is 346 g/mol. The van der Waals surface area contributed by atoms with Crippen LogP contribution in [0.3, 0.4) is 0 Å². The summed E-state index contributed by atoms with van der Waals surface area (Å²) in [4.78, 5) is 14.1. The molecule has 4 nitrogen and oxygen atoms in total. The normalized spacial score (nSPS) is 10.1. The molecule has 1 amide bonds. The molecule has 6 heteroatoms. The van der Waals surface area contributed by atoms with Gasteiger partial charge < -0.3 is 15.0 Å². The second kappa shape index (κ2) is 8.40. The molecule has 0 aliphatic heterocycles. The van der Waals surface area contributed by atoms with Crippen molar-refractivity contribution in [2.45, 2.75) is 13.8 Å². The van der Waals surface area contributed by atoms with Crippen LogP contribution >= 0.6 is 12.2 Å². The fourth-order valence-electron chi connectivity index (χ4n) is 2.06. The first-order valence-electron chi connectivity index (χ1n) is 7.67. The minimum Gasteiger partial charge on any atom is -0.432 e. The molecule has 0 aromatic heterocycles. The number of rotatable bonds is 5. The molecule has 0 unspecified atom stereocenters. The maximum atomic E-state index is 12.9. The van der Waals surface area contributed by atoms with Gasteiger partial charge >= 0.3 is 0 Å². The Balaban J connectivity index is 1.99. The molecule has 1 N–H and O–H groups in total. The number of benzene rings is 2. The van der Waals surface area contributed by atoms with Gasteiger partial charge in [-0.25, -0.2) is 4.39 Å². The minimum atomic E-state index is -0.348. The van der Waals surface area contributed by atoms with Gasteiger partial charge in [0.15, 0.2) is 0 Å². The maximum Gasteiger partial charge on any atom is 0.264 e. The van der Waals surface area contributed by atoms with Crippen LogP contribution in [-0.2, 0) is 0 Å². The van der Waals surface area contributed by atoms with Crippen LogP contribution in [0.15, 0.2) is 48.5 Å². The number of carbonyl (C=O) groups excluding carboxylic acids is 1. The summed E-state index contributed by atoms with van der Waals surface area (Å²) in [5, 5.41) is 3.11. The number of carbonyl (C=O) groups is 1. The van der Waals surface area contributed by atoms with Crippen LogP contribution in [0.5, 0.6) is 5.75 Å².